The van der Waals surface area contributed by atoms with Gasteiger partial charge in [0.05, 0.1) is 16.1 Å². The Morgan fingerprint density at radius 3 is 3.00 bits per heavy atom. The van der Waals surface area contributed by atoms with Gasteiger partial charge in [-0.25, -0.2) is 4.98 Å². The average molecular weight is 318 g/mol. The minimum atomic E-state index is 0.232. The Morgan fingerprint density at radius 2 is 2.26 bits per heavy atom. The van der Waals surface area contributed by atoms with E-state index in [-0.39, 0.29) is 5.95 Å². The average Bonchev–Trinajstić information content (AvgIpc) is 2.41. The maximum absolute atomic E-state index is 8.89. The van der Waals surface area contributed by atoms with Crippen LogP contribution < -0.4 is 10.6 Å². The van der Waals surface area contributed by atoms with Crippen molar-refractivity contribution in [3.05, 3.63) is 46.1 Å². The van der Waals surface area contributed by atoms with Crippen molar-refractivity contribution >= 4 is 27.7 Å². The van der Waals surface area contributed by atoms with Crippen molar-refractivity contribution in [2.45, 2.75) is 6.54 Å². The third-order valence-electron chi connectivity index (χ3n) is 2.58. The van der Waals surface area contributed by atoms with Gasteiger partial charge in [-0.15, -0.1) is 0 Å². The van der Waals surface area contributed by atoms with Gasteiger partial charge in [0.15, 0.2) is 0 Å². The van der Waals surface area contributed by atoms with E-state index in [1.807, 2.05) is 30.1 Å². The molecular weight excluding hydrogens is 306 g/mol. The van der Waals surface area contributed by atoms with E-state index in [9.17, 15) is 0 Å². The molecule has 1 heterocycles. The molecule has 0 unspecified atom stereocenters. The van der Waals surface area contributed by atoms with E-state index in [4.69, 9.17) is 11.0 Å². The lowest BCUT2D eigenvalue weighted by molar-refractivity contribution is 0.888. The molecule has 0 saturated carbocycles. The number of benzene rings is 1. The van der Waals surface area contributed by atoms with Crippen molar-refractivity contribution in [3.63, 3.8) is 0 Å². The zero-order chi connectivity index (χ0) is 13.8. The van der Waals surface area contributed by atoms with Crippen LogP contribution in [-0.2, 0) is 6.54 Å². The second-order valence-corrected chi connectivity index (χ2v) is 4.92. The molecule has 0 aliphatic carbocycles. The van der Waals surface area contributed by atoms with E-state index in [1.54, 1.807) is 12.3 Å². The molecule has 0 bridgehead atoms. The minimum absolute atomic E-state index is 0.232. The van der Waals surface area contributed by atoms with Gasteiger partial charge in [-0.3, -0.25) is 0 Å². The fourth-order valence-electron chi connectivity index (χ4n) is 1.73. The third kappa shape index (κ3) is 3.20. The largest absolute Gasteiger partial charge is 0.368 e. The van der Waals surface area contributed by atoms with Crippen LogP contribution in [0.25, 0.3) is 0 Å². The number of nitrogens with two attached hydrogens (primary N) is 1. The monoisotopic (exact) mass is 317 g/mol. The van der Waals surface area contributed by atoms with Crippen molar-refractivity contribution in [2.24, 2.45) is 0 Å². The standard InChI is InChI=1S/C13H12BrN5/c1-19(12-11(14)7-17-13(16)18-12)8-10-4-2-3-9(5-10)6-15/h2-5,7H,8H2,1H3,(H2,16,17,18). The number of nitrogens with zero attached hydrogens (tertiary/aromatic N) is 4. The van der Waals surface area contributed by atoms with Gasteiger partial charge >= 0.3 is 0 Å². The molecule has 0 radical (unpaired) electrons. The predicted molar refractivity (Wildman–Crippen MR) is 77.4 cm³/mol. The van der Waals surface area contributed by atoms with Crippen molar-refractivity contribution in [2.75, 3.05) is 17.7 Å². The molecule has 0 aliphatic rings. The summed E-state index contributed by atoms with van der Waals surface area (Å²) in [4.78, 5) is 10.0. The summed E-state index contributed by atoms with van der Waals surface area (Å²) in [5, 5.41) is 8.89. The SMILES string of the molecule is CN(Cc1cccc(C#N)c1)c1nc(N)ncc1Br. The fourth-order valence-corrected chi connectivity index (χ4v) is 2.22. The van der Waals surface area contributed by atoms with E-state index < -0.39 is 0 Å². The highest BCUT2D eigenvalue weighted by Gasteiger charge is 2.09. The summed E-state index contributed by atoms with van der Waals surface area (Å²) < 4.78 is 0.778. The summed E-state index contributed by atoms with van der Waals surface area (Å²) in [5.74, 6) is 0.950. The van der Waals surface area contributed by atoms with Crippen LogP contribution in [0.3, 0.4) is 0 Å². The van der Waals surface area contributed by atoms with Gasteiger partial charge in [0.2, 0.25) is 5.95 Å². The lowest BCUT2D eigenvalue weighted by atomic mass is 10.1. The second kappa shape index (κ2) is 5.67. The van der Waals surface area contributed by atoms with Crippen LogP contribution in [0.2, 0.25) is 0 Å². The molecule has 6 heteroatoms. The zero-order valence-electron chi connectivity index (χ0n) is 10.3. The molecule has 1 aromatic heterocycles. The third-order valence-corrected chi connectivity index (χ3v) is 3.14. The lowest BCUT2D eigenvalue weighted by Gasteiger charge is -2.19. The van der Waals surface area contributed by atoms with Gasteiger partial charge in [-0.05, 0) is 33.6 Å². The van der Waals surface area contributed by atoms with Crippen LogP contribution >= 0.6 is 15.9 Å². The molecule has 1 aromatic carbocycles. The summed E-state index contributed by atoms with van der Waals surface area (Å²) in [6.45, 7) is 0.630. The van der Waals surface area contributed by atoms with E-state index >= 15 is 0 Å². The molecule has 19 heavy (non-hydrogen) atoms. The molecule has 2 N–H and O–H groups in total. The molecule has 2 rings (SSSR count). The summed E-state index contributed by atoms with van der Waals surface area (Å²) in [5.41, 5.74) is 7.27. The topological polar surface area (TPSA) is 78.8 Å². The van der Waals surface area contributed by atoms with Gasteiger partial charge in [0.25, 0.3) is 0 Å². The quantitative estimate of drug-likeness (QED) is 0.939. The summed E-state index contributed by atoms with van der Waals surface area (Å²) in [6, 6.07) is 9.60. The number of aromatic nitrogens is 2. The number of hydrogen-bond donors (Lipinski definition) is 1. The molecule has 5 nitrogen and oxygen atoms in total. The Hall–Kier alpha value is -2.13. The molecule has 0 amide bonds. The summed E-state index contributed by atoms with van der Waals surface area (Å²) in [6.07, 6.45) is 1.62. The van der Waals surface area contributed by atoms with Gasteiger partial charge in [0.1, 0.15) is 5.82 Å². The van der Waals surface area contributed by atoms with E-state index in [0.29, 0.717) is 12.1 Å². The second-order valence-electron chi connectivity index (χ2n) is 4.07. The Labute approximate surface area is 119 Å². The van der Waals surface area contributed by atoms with Crippen LogP contribution in [0.5, 0.6) is 0 Å². The first kappa shape index (κ1) is 13.3. The molecule has 96 valence electrons. The molecule has 0 saturated heterocycles. The molecular formula is C13H12BrN5. The zero-order valence-corrected chi connectivity index (χ0v) is 11.9. The van der Waals surface area contributed by atoms with Crippen molar-refractivity contribution in [1.29, 1.82) is 5.26 Å². The van der Waals surface area contributed by atoms with Crippen LogP contribution in [0.4, 0.5) is 11.8 Å². The van der Waals surface area contributed by atoms with Crippen LogP contribution in [0.15, 0.2) is 34.9 Å². The minimum Gasteiger partial charge on any atom is -0.368 e. The molecule has 2 aromatic rings. The van der Waals surface area contributed by atoms with Crippen LogP contribution in [0.1, 0.15) is 11.1 Å². The maximum Gasteiger partial charge on any atom is 0.222 e. The normalized spacial score (nSPS) is 9.95. The van der Waals surface area contributed by atoms with E-state index in [0.717, 1.165) is 15.9 Å². The first-order valence-electron chi connectivity index (χ1n) is 5.58. The number of halogens is 1. The number of nitriles is 1. The molecule has 0 spiro atoms. The fraction of sp³-hybridized carbons (Fsp3) is 0.154. The van der Waals surface area contributed by atoms with Crippen molar-refractivity contribution in [1.82, 2.24) is 9.97 Å². The Bertz CT molecular complexity index is 635. The molecule has 0 aliphatic heterocycles. The number of rotatable bonds is 3. The number of nitrogen functional groups attached to an aromatic ring is 1. The van der Waals surface area contributed by atoms with Gasteiger partial charge in [0, 0.05) is 19.8 Å². The maximum atomic E-state index is 8.89. The Morgan fingerprint density at radius 1 is 1.47 bits per heavy atom. The van der Waals surface area contributed by atoms with E-state index in [2.05, 4.69) is 32.0 Å². The summed E-state index contributed by atoms with van der Waals surface area (Å²) in [7, 11) is 1.91. The number of hydrogen-bond acceptors (Lipinski definition) is 5. The molecule has 0 atom stereocenters. The van der Waals surface area contributed by atoms with Crippen LogP contribution in [-0.4, -0.2) is 17.0 Å². The highest BCUT2D eigenvalue weighted by molar-refractivity contribution is 9.10. The van der Waals surface area contributed by atoms with Gasteiger partial charge in [-0.2, -0.15) is 10.2 Å². The first-order chi connectivity index (χ1) is 9.10. The van der Waals surface area contributed by atoms with Crippen molar-refractivity contribution < 1.29 is 0 Å². The van der Waals surface area contributed by atoms with Crippen molar-refractivity contribution in [3.8, 4) is 6.07 Å². The van der Waals surface area contributed by atoms with E-state index in [1.165, 1.54) is 0 Å². The highest BCUT2D eigenvalue weighted by Crippen LogP contribution is 2.24. The van der Waals surface area contributed by atoms with Crippen LogP contribution in [0, 0.1) is 11.3 Å². The van der Waals surface area contributed by atoms with Gasteiger partial charge in [-0.1, -0.05) is 12.1 Å². The number of anilines is 2. The van der Waals surface area contributed by atoms with Gasteiger partial charge < -0.3 is 10.6 Å². The lowest BCUT2D eigenvalue weighted by Crippen LogP contribution is -2.19. The highest BCUT2D eigenvalue weighted by atomic mass is 79.9. The summed E-state index contributed by atoms with van der Waals surface area (Å²) >= 11 is 3.40. The first-order valence-corrected chi connectivity index (χ1v) is 6.37. The Balaban J connectivity index is 2.23. The predicted octanol–water partition coefficient (Wildman–Crippen LogP) is 2.33. The smallest absolute Gasteiger partial charge is 0.222 e. The Kier molecular flexibility index (Phi) is 3.97. The molecule has 0 fully saturated rings.